The highest BCUT2D eigenvalue weighted by Crippen LogP contribution is 2.23. The highest BCUT2D eigenvalue weighted by Gasteiger charge is 2.24. The molecule has 1 aromatic heterocycles. The molecule has 2 aromatic rings. The summed E-state index contributed by atoms with van der Waals surface area (Å²) in [4.78, 5) is 36.4. The fraction of sp³-hybridized carbons (Fsp3) is 0.429. The molecule has 2 heterocycles. The van der Waals surface area contributed by atoms with Crippen LogP contribution in [0.5, 0.6) is 0 Å². The van der Waals surface area contributed by atoms with Crippen LogP contribution >= 0.6 is 23.2 Å². The van der Waals surface area contributed by atoms with E-state index in [9.17, 15) is 14.7 Å². The van der Waals surface area contributed by atoms with Crippen LogP contribution in [0.15, 0.2) is 30.6 Å². The third-order valence-corrected chi connectivity index (χ3v) is 5.79. The Morgan fingerprint density at radius 3 is 2.45 bits per heavy atom. The molecule has 0 bridgehead atoms. The van der Waals surface area contributed by atoms with Gasteiger partial charge < -0.3 is 14.7 Å². The van der Waals surface area contributed by atoms with Crippen molar-refractivity contribution >= 4 is 35.1 Å². The maximum atomic E-state index is 13.2. The molecule has 8 nitrogen and oxygen atoms in total. The van der Waals surface area contributed by atoms with Gasteiger partial charge in [-0.25, -0.2) is 14.8 Å². The zero-order valence-corrected chi connectivity index (χ0v) is 18.5. The minimum absolute atomic E-state index is 0.157. The second-order valence-corrected chi connectivity index (χ2v) is 7.97. The van der Waals surface area contributed by atoms with Gasteiger partial charge >= 0.3 is 5.97 Å². The molecule has 3 rings (SSSR count). The second kappa shape index (κ2) is 11.4. The van der Waals surface area contributed by atoms with Crippen molar-refractivity contribution in [1.82, 2.24) is 19.8 Å². The van der Waals surface area contributed by atoms with E-state index in [2.05, 4.69) is 14.9 Å². The number of aromatic nitrogens is 2. The number of morpholine rings is 1. The van der Waals surface area contributed by atoms with Gasteiger partial charge in [-0.15, -0.1) is 0 Å². The lowest BCUT2D eigenvalue weighted by molar-refractivity contribution is 0.0357. The number of nitrogens with zero attached hydrogens (tertiary/aromatic N) is 4. The first-order chi connectivity index (χ1) is 15.0. The summed E-state index contributed by atoms with van der Waals surface area (Å²) in [5, 5.41) is 10.3. The van der Waals surface area contributed by atoms with Crippen molar-refractivity contribution in [1.29, 1.82) is 0 Å². The fourth-order valence-corrected chi connectivity index (χ4v) is 3.71. The van der Waals surface area contributed by atoms with E-state index in [1.807, 2.05) is 6.07 Å². The van der Waals surface area contributed by atoms with Gasteiger partial charge in [0.2, 0.25) is 0 Å². The average Bonchev–Trinajstić information content (AvgIpc) is 2.78. The minimum atomic E-state index is -1.28. The summed E-state index contributed by atoms with van der Waals surface area (Å²) < 4.78 is 5.37. The molecule has 166 valence electrons. The van der Waals surface area contributed by atoms with Crippen molar-refractivity contribution in [3.8, 4) is 0 Å². The predicted molar refractivity (Wildman–Crippen MR) is 117 cm³/mol. The smallest absolute Gasteiger partial charge is 0.356 e. The van der Waals surface area contributed by atoms with E-state index in [4.69, 9.17) is 27.9 Å². The molecule has 1 N–H and O–H groups in total. The Kier molecular flexibility index (Phi) is 8.60. The number of halogens is 2. The molecule has 0 atom stereocenters. The maximum absolute atomic E-state index is 13.2. The maximum Gasteiger partial charge on any atom is 0.356 e. The van der Waals surface area contributed by atoms with Gasteiger partial charge in [0, 0.05) is 45.1 Å². The quantitative estimate of drug-likeness (QED) is 0.606. The Morgan fingerprint density at radius 2 is 1.77 bits per heavy atom. The summed E-state index contributed by atoms with van der Waals surface area (Å²) in [6.45, 7) is 4.83. The van der Waals surface area contributed by atoms with Crippen LogP contribution in [0.2, 0.25) is 10.0 Å². The third-order valence-electron chi connectivity index (χ3n) is 5.05. The highest BCUT2D eigenvalue weighted by atomic mass is 35.5. The summed E-state index contributed by atoms with van der Waals surface area (Å²) >= 11 is 12.1. The lowest BCUT2D eigenvalue weighted by atomic mass is 10.1. The molecule has 1 aromatic carbocycles. The van der Waals surface area contributed by atoms with Gasteiger partial charge in [-0.2, -0.15) is 0 Å². The van der Waals surface area contributed by atoms with E-state index >= 15 is 0 Å². The molecule has 1 amide bonds. The number of aromatic carboxylic acids is 1. The van der Waals surface area contributed by atoms with Gasteiger partial charge in [0.05, 0.1) is 23.3 Å². The highest BCUT2D eigenvalue weighted by molar-refractivity contribution is 6.42. The molecule has 0 radical (unpaired) electrons. The molecule has 0 saturated carbocycles. The molecule has 1 aliphatic rings. The molecule has 1 fully saturated rings. The number of carbonyl (C=O) groups excluding carboxylic acids is 1. The Bertz CT molecular complexity index is 922. The van der Waals surface area contributed by atoms with Gasteiger partial charge in [-0.1, -0.05) is 29.3 Å². The Balaban J connectivity index is 1.71. The third kappa shape index (κ3) is 6.61. The van der Waals surface area contributed by atoms with Gasteiger partial charge in [-0.3, -0.25) is 9.69 Å². The number of hydrogen-bond donors (Lipinski definition) is 1. The summed E-state index contributed by atoms with van der Waals surface area (Å²) in [5.41, 5.74) is 0.425. The van der Waals surface area contributed by atoms with Crippen LogP contribution in [0.4, 0.5) is 0 Å². The molecular formula is C21H24Cl2N4O4. The van der Waals surface area contributed by atoms with Gasteiger partial charge in [0.1, 0.15) is 0 Å². The monoisotopic (exact) mass is 466 g/mol. The number of ether oxygens (including phenoxy) is 1. The molecule has 0 unspecified atom stereocenters. The first kappa shape index (κ1) is 23.4. The molecule has 0 aliphatic carbocycles. The standard InChI is InChI=1S/C21H24Cl2N4O4/c22-16-3-2-15(14-17(16)23)4-9-27(8-1-7-26-10-12-31-13-11-26)20(28)18-19(21(29)30)25-6-5-24-18/h2-3,5-6,14H,1,4,7-13H2,(H,29,30). The van der Waals surface area contributed by atoms with E-state index < -0.39 is 11.9 Å². The van der Waals surface area contributed by atoms with Crippen molar-refractivity contribution in [2.75, 3.05) is 45.9 Å². The summed E-state index contributed by atoms with van der Waals surface area (Å²) in [6, 6.07) is 5.34. The van der Waals surface area contributed by atoms with E-state index in [-0.39, 0.29) is 11.4 Å². The van der Waals surface area contributed by atoms with Crippen molar-refractivity contribution in [2.24, 2.45) is 0 Å². The number of amides is 1. The van der Waals surface area contributed by atoms with Crippen LogP contribution in [0.1, 0.15) is 33.0 Å². The lowest BCUT2D eigenvalue weighted by Crippen LogP contribution is -2.40. The lowest BCUT2D eigenvalue weighted by Gasteiger charge is -2.28. The zero-order valence-electron chi connectivity index (χ0n) is 17.0. The number of carboxylic acid groups (broad SMARTS) is 1. The molecule has 1 aliphatic heterocycles. The molecule has 10 heteroatoms. The zero-order chi connectivity index (χ0) is 22.2. The predicted octanol–water partition coefficient (Wildman–Crippen LogP) is 2.89. The topological polar surface area (TPSA) is 95.9 Å². The summed E-state index contributed by atoms with van der Waals surface area (Å²) in [5.74, 6) is -1.73. The molecule has 1 saturated heterocycles. The fourth-order valence-electron chi connectivity index (χ4n) is 3.38. The van der Waals surface area contributed by atoms with E-state index in [0.717, 1.165) is 31.6 Å². The number of benzene rings is 1. The van der Waals surface area contributed by atoms with E-state index in [1.165, 1.54) is 12.4 Å². The Hall–Kier alpha value is -2.26. The largest absolute Gasteiger partial charge is 0.476 e. The van der Waals surface area contributed by atoms with Crippen LogP contribution in [-0.2, 0) is 11.2 Å². The molecule has 0 spiro atoms. The number of carbonyl (C=O) groups is 2. The molecule has 31 heavy (non-hydrogen) atoms. The van der Waals surface area contributed by atoms with Crippen molar-refractivity contribution in [3.63, 3.8) is 0 Å². The number of carboxylic acids is 1. The summed E-state index contributed by atoms with van der Waals surface area (Å²) in [6.07, 6.45) is 3.88. The van der Waals surface area contributed by atoms with E-state index in [1.54, 1.807) is 17.0 Å². The second-order valence-electron chi connectivity index (χ2n) is 7.16. The SMILES string of the molecule is O=C(O)c1nccnc1C(=O)N(CCCN1CCOCC1)CCc1ccc(Cl)c(Cl)c1. The van der Waals surface area contributed by atoms with Crippen LogP contribution in [-0.4, -0.2) is 82.7 Å². The van der Waals surface area contributed by atoms with Crippen LogP contribution < -0.4 is 0 Å². The summed E-state index contributed by atoms with van der Waals surface area (Å²) in [7, 11) is 0. The van der Waals surface area contributed by atoms with Crippen LogP contribution in [0.25, 0.3) is 0 Å². The van der Waals surface area contributed by atoms with Crippen LogP contribution in [0.3, 0.4) is 0 Å². The van der Waals surface area contributed by atoms with Crippen LogP contribution in [0, 0.1) is 0 Å². The first-order valence-corrected chi connectivity index (χ1v) is 10.8. The Labute approximate surface area is 190 Å². The molecular weight excluding hydrogens is 443 g/mol. The number of hydrogen-bond acceptors (Lipinski definition) is 6. The van der Waals surface area contributed by atoms with E-state index in [0.29, 0.717) is 42.8 Å². The minimum Gasteiger partial charge on any atom is -0.476 e. The Morgan fingerprint density at radius 1 is 1.06 bits per heavy atom. The van der Waals surface area contributed by atoms with Crippen molar-refractivity contribution < 1.29 is 19.4 Å². The van der Waals surface area contributed by atoms with Crippen molar-refractivity contribution in [3.05, 3.63) is 57.6 Å². The van der Waals surface area contributed by atoms with Gasteiger partial charge in [-0.05, 0) is 30.5 Å². The van der Waals surface area contributed by atoms with Gasteiger partial charge in [0.15, 0.2) is 11.4 Å². The number of rotatable bonds is 9. The average molecular weight is 467 g/mol. The normalized spacial score (nSPS) is 14.4. The van der Waals surface area contributed by atoms with Crippen molar-refractivity contribution in [2.45, 2.75) is 12.8 Å². The van der Waals surface area contributed by atoms with Gasteiger partial charge in [0.25, 0.3) is 5.91 Å². The first-order valence-electron chi connectivity index (χ1n) is 10.0.